The lowest BCUT2D eigenvalue weighted by Crippen LogP contribution is -2.55. The fraction of sp³-hybridized carbons (Fsp3) is 0.562. The predicted molar refractivity (Wildman–Crippen MR) is 90.5 cm³/mol. The van der Waals surface area contributed by atoms with Crippen molar-refractivity contribution < 1.29 is 4.79 Å². The summed E-state index contributed by atoms with van der Waals surface area (Å²) in [7, 11) is 4.22. The first-order valence-electron chi connectivity index (χ1n) is 7.69. The van der Waals surface area contributed by atoms with Gasteiger partial charge in [0, 0.05) is 43.8 Å². The number of piperazine rings is 1. The lowest BCUT2D eigenvalue weighted by atomic mass is 10.1. The minimum atomic E-state index is -0.108. The summed E-state index contributed by atoms with van der Waals surface area (Å²) in [6.07, 6.45) is 0.778. The molecule has 1 saturated heterocycles. The monoisotopic (exact) mass is 324 g/mol. The molecule has 0 aromatic heterocycles. The number of hydrogen-bond donors (Lipinski definition) is 2. The van der Waals surface area contributed by atoms with Crippen LogP contribution in [0, 0.1) is 0 Å². The number of carbonyl (C=O) groups excluding carboxylic acids is 1. The molecule has 22 heavy (non-hydrogen) atoms. The van der Waals surface area contributed by atoms with Crippen molar-refractivity contribution in [3.05, 3.63) is 34.9 Å². The van der Waals surface area contributed by atoms with Crippen LogP contribution in [0.2, 0.25) is 5.02 Å². The largest absolute Gasteiger partial charge is 0.338 e. The Morgan fingerprint density at radius 1 is 1.32 bits per heavy atom. The molecule has 2 N–H and O–H groups in total. The van der Waals surface area contributed by atoms with E-state index in [2.05, 4.69) is 34.5 Å². The zero-order valence-electron chi connectivity index (χ0n) is 13.3. The Labute approximate surface area is 137 Å². The van der Waals surface area contributed by atoms with Crippen molar-refractivity contribution in [3.63, 3.8) is 0 Å². The van der Waals surface area contributed by atoms with Gasteiger partial charge in [-0.2, -0.15) is 0 Å². The summed E-state index contributed by atoms with van der Waals surface area (Å²) < 4.78 is 0. The number of benzene rings is 1. The van der Waals surface area contributed by atoms with Crippen LogP contribution in [0.3, 0.4) is 0 Å². The van der Waals surface area contributed by atoms with Crippen molar-refractivity contribution in [2.24, 2.45) is 0 Å². The van der Waals surface area contributed by atoms with Crippen LogP contribution in [0.4, 0.5) is 4.79 Å². The van der Waals surface area contributed by atoms with Crippen molar-refractivity contribution in [2.45, 2.75) is 12.5 Å². The third-order valence-corrected chi connectivity index (χ3v) is 4.30. The van der Waals surface area contributed by atoms with Gasteiger partial charge in [0.1, 0.15) is 0 Å². The highest BCUT2D eigenvalue weighted by atomic mass is 35.5. The highest BCUT2D eigenvalue weighted by Gasteiger charge is 2.22. The molecule has 0 radical (unpaired) electrons. The van der Waals surface area contributed by atoms with Crippen LogP contribution in [-0.2, 0) is 6.42 Å². The van der Waals surface area contributed by atoms with Crippen molar-refractivity contribution in [1.82, 2.24) is 20.4 Å². The highest BCUT2D eigenvalue weighted by Crippen LogP contribution is 2.10. The second kappa shape index (κ2) is 8.36. The first-order chi connectivity index (χ1) is 10.5. The maximum atomic E-state index is 11.9. The molecule has 0 saturated carbocycles. The molecular formula is C16H25ClN4O. The van der Waals surface area contributed by atoms with Crippen LogP contribution < -0.4 is 10.6 Å². The number of nitrogens with one attached hydrogen (secondary N) is 2. The smallest absolute Gasteiger partial charge is 0.314 e. The molecule has 2 amide bonds. The summed E-state index contributed by atoms with van der Waals surface area (Å²) in [5, 5.41) is 6.58. The molecule has 1 fully saturated rings. The van der Waals surface area contributed by atoms with Crippen LogP contribution in [0.1, 0.15) is 5.56 Å². The summed E-state index contributed by atoms with van der Waals surface area (Å²) in [5.74, 6) is 0. The summed E-state index contributed by atoms with van der Waals surface area (Å²) in [5.41, 5.74) is 1.13. The Morgan fingerprint density at radius 3 is 2.91 bits per heavy atom. The third-order valence-electron chi connectivity index (χ3n) is 4.07. The van der Waals surface area contributed by atoms with E-state index in [0.29, 0.717) is 19.1 Å². The van der Waals surface area contributed by atoms with Gasteiger partial charge in [0.05, 0.1) is 0 Å². The van der Waals surface area contributed by atoms with Crippen LogP contribution >= 0.6 is 11.6 Å². The van der Waals surface area contributed by atoms with Gasteiger partial charge in [0.25, 0.3) is 0 Å². The predicted octanol–water partition coefficient (Wildman–Crippen LogP) is 1.43. The molecule has 1 aliphatic heterocycles. The molecule has 6 heteroatoms. The van der Waals surface area contributed by atoms with Gasteiger partial charge in [0.2, 0.25) is 0 Å². The highest BCUT2D eigenvalue weighted by molar-refractivity contribution is 6.30. The van der Waals surface area contributed by atoms with Crippen molar-refractivity contribution in [2.75, 3.05) is 46.8 Å². The van der Waals surface area contributed by atoms with Gasteiger partial charge < -0.3 is 15.5 Å². The molecule has 5 nitrogen and oxygen atoms in total. The molecule has 0 bridgehead atoms. The fourth-order valence-electron chi connectivity index (χ4n) is 2.61. The van der Waals surface area contributed by atoms with Gasteiger partial charge in [0.15, 0.2) is 0 Å². The molecule has 2 rings (SSSR count). The average Bonchev–Trinajstić information content (AvgIpc) is 2.48. The van der Waals surface area contributed by atoms with E-state index in [9.17, 15) is 4.79 Å². The summed E-state index contributed by atoms with van der Waals surface area (Å²) in [4.78, 5) is 16.4. The number of hydrogen-bond acceptors (Lipinski definition) is 3. The zero-order chi connectivity index (χ0) is 15.9. The molecule has 1 aliphatic rings. The molecule has 0 aliphatic carbocycles. The SMILES string of the molecule is CN1CCN(C)[C@H](CNC(=O)NCCc2cccc(Cl)c2)C1. The Bertz CT molecular complexity index is 497. The number of amides is 2. The van der Waals surface area contributed by atoms with Gasteiger partial charge in [-0.1, -0.05) is 23.7 Å². The number of halogens is 1. The maximum absolute atomic E-state index is 11.9. The number of carbonyl (C=O) groups is 1. The number of nitrogens with zero attached hydrogens (tertiary/aromatic N) is 2. The molecule has 1 aromatic carbocycles. The topological polar surface area (TPSA) is 47.6 Å². The normalized spacial score (nSPS) is 19.9. The van der Waals surface area contributed by atoms with Gasteiger partial charge in [-0.15, -0.1) is 0 Å². The Morgan fingerprint density at radius 2 is 2.14 bits per heavy atom. The lowest BCUT2D eigenvalue weighted by molar-refractivity contribution is 0.114. The first-order valence-corrected chi connectivity index (χ1v) is 8.07. The van der Waals surface area contributed by atoms with Crippen molar-refractivity contribution >= 4 is 17.6 Å². The lowest BCUT2D eigenvalue weighted by Gasteiger charge is -2.37. The van der Waals surface area contributed by atoms with Crippen LogP contribution in [0.15, 0.2) is 24.3 Å². The van der Waals surface area contributed by atoms with E-state index in [1.54, 1.807) is 0 Å². The molecule has 1 heterocycles. The summed E-state index contributed by atoms with van der Waals surface area (Å²) >= 11 is 5.94. The maximum Gasteiger partial charge on any atom is 0.314 e. The number of rotatable bonds is 5. The zero-order valence-corrected chi connectivity index (χ0v) is 14.1. The third kappa shape index (κ3) is 5.48. The van der Waals surface area contributed by atoms with E-state index in [0.717, 1.165) is 36.6 Å². The van der Waals surface area contributed by atoms with E-state index in [4.69, 9.17) is 11.6 Å². The first kappa shape index (κ1) is 17.1. The van der Waals surface area contributed by atoms with E-state index >= 15 is 0 Å². The van der Waals surface area contributed by atoms with E-state index in [-0.39, 0.29) is 6.03 Å². The molecule has 0 unspecified atom stereocenters. The number of likely N-dealkylation sites (N-methyl/N-ethyl adjacent to an activating group) is 2. The van der Waals surface area contributed by atoms with Gasteiger partial charge >= 0.3 is 6.03 Å². The fourth-order valence-corrected chi connectivity index (χ4v) is 2.82. The van der Waals surface area contributed by atoms with Gasteiger partial charge in [-0.3, -0.25) is 4.90 Å². The average molecular weight is 325 g/mol. The van der Waals surface area contributed by atoms with E-state index in [1.165, 1.54) is 0 Å². The Balaban J connectivity index is 1.65. The standard InChI is InChI=1S/C16H25ClN4O/c1-20-8-9-21(2)15(12-20)11-19-16(22)18-7-6-13-4-3-5-14(17)10-13/h3-5,10,15H,6-9,11-12H2,1-2H3,(H2,18,19,22)/t15-/m1/s1. The van der Waals surface area contributed by atoms with Gasteiger partial charge in [-0.05, 0) is 38.2 Å². The Kier molecular flexibility index (Phi) is 6.49. The summed E-state index contributed by atoms with van der Waals surface area (Å²) in [6, 6.07) is 7.98. The van der Waals surface area contributed by atoms with Crippen LogP contribution in [0.25, 0.3) is 0 Å². The van der Waals surface area contributed by atoms with Crippen molar-refractivity contribution in [1.29, 1.82) is 0 Å². The van der Waals surface area contributed by atoms with E-state index in [1.807, 2.05) is 24.3 Å². The van der Waals surface area contributed by atoms with E-state index < -0.39 is 0 Å². The minimum Gasteiger partial charge on any atom is -0.338 e. The quantitative estimate of drug-likeness (QED) is 0.861. The molecule has 0 spiro atoms. The van der Waals surface area contributed by atoms with Crippen LogP contribution in [0.5, 0.6) is 0 Å². The molecular weight excluding hydrogens is 300 g/mol. The minimum absolute atomic E-state index is 0.108. The van der Waals surface area contributed by atoms with Crippen molar-refractivity contribution in [3.8, 4) is 0 Å². The second-order valence-electron chi connectivity index (χ2n) is 5.91. The second-order valence-corrected chi connectivity index (χ2v) is 6.35. The Hall–Kier alpha value is -1.30. The summed E-state index contributed by atoms with van der Waals surface area (Å²) in [6.45, 7) is 4.38. The number of urea groups is 1. The molecule has 1 aromatic rings. The molecule has 122 valence electrons. The molecule has 1 atom stereocenters. The van der Waals surface area contributed by atoms with Crippen LogP contribution in [-0.4, -0.2) is 68.7 Å². The van der Waals surface area contributed by atoms with Gasteiger partial charge in [-0.25, -0.2) is 4.79 Å².